The van der Waals surface area contributed by atoms with Gasteiger partial charge < -0.3 is 15.5 Å². The molecule has 6 nitrogen and oxygen atoms in total. The van der Waals surface area contributed by atoms with E-state index in [4.69, 9.17) is 16.0 Å². The summed E-state index contributed by atoms with van der Waals surface area (Å²) in [4.78, 5) is 0. The van der Waals surface area contributed by atoms with Crippen molar-refractivity contribution in [1.29, 1.82) is 0 Å². The highest BCUT2D eigenvalue weighted by Crippen LogP contribution is 2.31. The first-order valence-electron chi connectivity index (χ1n) is 10.9. The summed E-state index contributed by atoms with van der Waals surface area (Å²) in [6, 6.07) is 23.6. The molecule has 1 fully saturated rings. The highest BCUT2D eigenvalue weighted by Gasteiger charge is 2.20. The van der Waals surface area contributed by atoms with Gasteiger partial charge in [0.2, 0.25) is 0 Å². The zero-order valence-electron chi connectivity index (χ0n) is 18.5. The lowest BCUT2D eigenvalue weighted by atomic mass is 10.0. The summed E-state index contributed by atoms with van der Waals surface area (Å²) in [5.41, 5.74) is 12.3. The summed E-state index contributed by atoms with van der Waals surface area (Å²) >= 11 is 0. The van der Waals surface area contributed by atoms with Crippen LogP contribution in [0.1, 0.15) is 16.7 Å². The van der Waals surface area contributed by atoms with Crippen molar-refractivity contribution in [3.05, 3.63) is 95.3 Å². The quantitative estimate of drug-likeness (QED) is 0.160. The fourth-order valence-electron chi connectivity index (χ4n) is 3.65. The molecule has 33 heavy (non-hydrogen) atoms. The van der Waals surface area contributed by atoms with E-state index in [0.717, 1.165) is 36.0 Å². The maximum atomic E-state index is 14.2. The highest BCUT2D eigenvalue weighted by atomic mass is 19.1. The molecule has 2 heterocycles. The van der Waals surface area contributed by atoms with Crippen LogP contribution in [0.5, 0.6) is 0 Å². The number of furan rings is 1. The molecule has 0 atom stereocenters. The van der Waals surface area contributed by atoms with Gasteiger partial charge in [0, 0.05) is 24.4 Å². The number of benzene rings is 3. The van der Waals surface area contributed by atoms with Crippen LogP contribution in [0, 0.1) is 18.7 Å². The minimum absolute atomic E-state index is 0.251. The first kappa shape index (κ1) is 22.5. The van der Waals surface area contributed by atoms with E-state index < -0.39 is 0 Å². The van der Waals surface area contributed by atoms with Gasteiger partial charge in [-0.1, -0.05) is 42.5 Å². The number of nitrogens with zero attached hydrogens (tertiary/aromatic N) is 1. The van der Waals surface area contributed by atoms with Gasteiger partial charge in [-0.15, -0.1) is 0 Å². The minimum Gasteiger partial charge on any atom is -0.456 e. The number of rotatable bonds is 5. The Labute approximate surface area is 192 Å². The van der Waals surface area contributed by atoms with Crippen LogP contribution in [-0.4, -0.2) is 18.9 Å². The SMILES string of the molecule is Cc1ccc(-c2cc3cc(Cc4ccccc4)ccc3o2)c(F)c1.NN/N=C(\N)C1CNC1. The van der Waals surface area contributed by atoms with Gasteiger partial charge in [-0.25, -0.2) is 15.8 Å². The monoisotopic (exact) mass is 445 g/mol. The van der Waals surface area contributed by atoms with Crippen molar-refractivity contribution in [2.75, 3.05) is 13.1 Å². The molecule has 0 saturated carbocycles. The van der Waals surface area contributed by atoms with E-state index in [1.807, 2.05) is 43.3 Å². The molecule has 0 aliphatic carbocycles. The fraction of sp³-hybridized carbons (Fsp3) is 0.192. The third-order valence-electron chi connectivity index (χ3n) is 5.62. The van der Waals surface area contributed by atoms with Crippen LogP contribution in [0.3, 0.4) is 0 Å². The second-order valence-electron chi connectivity index (χ2n) is 8.15. The van der Waals surface area contributed by atoms with E-state index in [0.29, 0.717) is 23.1 Å². The van der Waals surface area contributed by atoms with E-state index in [-0.39, 0.29) is 5.82 Å². The van der Waals surface area contributed by atoms with Gasteiger partial charge in [-0.05, 0) is 60.4 Å². The van der Waals surface area contributed by atoms with Crippen molar-refractivity contribution >= 4 is 16.8 Å². The number of amidine groups is 1. The average molecular weight is 446 g/mol. The number of nitrogens with one attached hydrogen (secondary N) is 2. The third-order valence-corrected chi connectivity index (χ3v) is 5.62. The van der Waals surface area contributed by atoms with Gasteiger partial charge in [-0.3, -0.25) is 0 Å². The second kappa shape index (κ2) is 10.3. The van der Waals surface area contributed by atoms with E-state index in [9.17, 15) is 4.39 Å². The number of hydrogen-bond donors (Lipinski definition) is 4. The fourth-order valence-corrected chi connectivity index (χ4v) is 3.65. The number of nitrogens with two attached hydrogens (primary N) is 2. The van der Waals surface area contributed by atoms with Crippen LogP contribution in [0.15, 0.2) is 82.3 Å². The Balaban J connectivity index is 0.000000243. The summed E-state index contributed by atoms with van der Waals surface area (Å²) in [6.07, 6.45) is 0.871. The normalized spacial score (nSPS) is 13.8. The lowest BCUT2D eigenvalue weighted by molar-refractivity contribution is 0.438. The molecule has 0 spiro atoms. The van der Waals surface area contributed by atoms with Gasteiger partial charge in [0.05, 0.1) is 5.56 Å². The third kappa shape index (κ3) is 5.58. The minimum atomic E-state index is -0.251. The molecule has 6 N–H and O–H groups in total. The van der Waals surface area contributed by atoms with Gasteiger partial charge in [-0.2, -0.15) is 5.10 Å². The van der Waals surface area contributed by atoms with Crippen molar-refractivity contribution in [2.24, 2.45) is 22.6 Å². The van der Waals surface area contributed by atoms with Gasteiger partial charge in [0.15, 0.2) is 0 Å². The van der Waals surface area contributed by atoms with Crippen LogP contribution < -0.4 is 22.4 Å². The van der Waals surface area contributed by atoms with E-state index in [1.165, 1.54) is 17.2 Å². The predicted octanol–water partition coefficient (Wildman–Crippen LogP) is 4.08. The molecule has 1 aromatic heterocycles. The molecule has 0 unspecified atom stereocenters. The zero-order chi connectivity index (χ0) is 23.2. The average Bonchev–Trinajstić information content (AvgIpc) is 3.17. The first-order chi connectivity index (χ1) is 16.0. The number of aryl methyl sites for hydroxylation is 1. The molecule has 0 radical (unpaired) electrons. The molecule has 0 bridgehead atoms. The van der Waals surface area contributed by atoms with E-state index >= 15 is 0 Å². The summed E-state index contributed by atoms with van der Waals surface area (Å²) in [7, 11) is 0. The Morgan fingerprint density at radius 1 is 1.06 bits per heavy atom. The molecule has 3 aromatic carbocycles. The molecule has 4 aromatic rings. The van der Waals surface area contributed by atoms with Gasteiger partial charge in [0.1, 0.15) is 23.0 Å². The van der Waals surface area contributed by atoms with Crippen molar-refractivity contribution in [3.8, 4) is 11.3 Å². The molecule has 170 valence electrons. The molecule has 1 saturated heterocycles. The maximum Gasteiger partial charge on any atom is 0.138 e. The van der Waals surface area contributed by atoms with Crippen molar-refractivity contribution in [1.82, 2.24) is 10.9 Å². The number of fused-ring (bicyclic) bond motifs is 1. The largest absolute Gasteiger partial charge is 0.456 e. The molecule has 1 aliphatic heterocycles. The smallest absolute Gasteiger partial charge is 0.138 e. The summed E-state index contributed by atoms with van der Waals surface area (Å²) in [5.74, 6) is 6.18. The first-order valence-corrected chi connectivity index (χ1v) is 10.9. The van der Waals surface area contributed by atoms with Crippen LogP contribution in [0.25, 0.3) is 22.3 Å². The van der Waals surface area contributed by atoms with Gasteiger partial charge in [0.25, 0.3) is 0 Å². The summed E-state index contributed by atoms with van der Waals surface area (Å²) in [5, 5.41) is 7.70. The number of halogens is 1. The number of hydrogen-bond acceptors (Lipinski definition) is 5. The number of hydrazone groups is 1. The summed E-state index contributed by atoms with van der Waals surface area (Å²) < 4.78 is 20.0. The molecule has 0 amide bonds. The van der Waals surface area contributed by atoms with Crippen molar-refractivity contribution < 1.29 is 8.81 Å². The zero-order valence-corrected chi connectivity index (χ0v) is 18.5. The Morgan fingerprint density at radius 3 is 2.52 bits per heavy atom. The highest BCUT2D eigenvalue weighted by molar-refractivity contribution is 5.84. The molecule has 1 aliphatic rings. The van der Waals surface area contributed by atoms with Crippen LogP contribution >= 0.6 is 0 Å². The number of hydrazine groups is 1. The topological polar surface area (TPSA) is 102 Å². The Hall–Kier alpha value is -3.68. The van der Waals surface area contributed by atoms with Crippen molar-refractivity contribution in [3.63, 3.8) is 0 Å². The van der Waals surface area contributed by atoms with Crippen LogP contribution in [0.2, 0.25) is 0 Å². The molecular formula is C26H28FN5O. The van der Waals surface area contributed by atoms with E-state index in [1.54, 1.807) is 6.07 Å². The van der Waals surface area contributed by atoms with Crippen LogP contribution in [-0.2, 0) is 6.42 Å². The second-order valence-corrected chi connectivity index (χ2v) is 8.15. The van der Waals surface area contributed by atoms with Crippen molar-refractivity contribution in [2.45, 2.75) is 13.3 Å². The summed E-state index contributed by atoms with van der Waals surface area (Å²) in [6.45, 7) is 3.70. The standard InChI is InChI=1S/C22H17FO.C4H11N5/c1-15-7-9-19(20(23)11-15)22-14-18-13-17(8-10-21(18)24-22)12-16-5-3-2-4-6-16;5-4(8-9-6)3-1-7-2-3/h2-11,13-14H,12H2,1H3;3,7,9H,1-2,6H2,(H2,5,8). The predicted molar refractivity (Wildman–Crippen MR) is 131 cm³/mol. The van der Waals surface area contributed by atoms with Crippen LogP contribution in [0.4, 0.5) is 4.39 Å². The molecule has 5 rings (SSSR count). The Kier molecular flexibility index (Phi) is 7.02. The lowest BCUT2D eigenvalue weighted by Crippen LogP contribution is -2.50. The lowest BCUT2D eigenvalue weighted by Gasteiger charge is -2.25. The maximum absolute atomic E-state index is 14.2. The van der Waals surface area contributed by atoms with Gasteiger partial charge >= 0.3 is 0 Å². The Morgan fingerprint density at radius 2 is 1.85 bits per heavy atom. The Bertz CT molecular complexity index is 1250. The molecular weight excluding hydrogens is 417 g/mol. The van der Waals surface area contributed by atoms with E-state index in [2.05, 4.69) is 40.2 Å². The molecule has 7 heteroatoms.